The van der Waals surface area contributed by atoms with Gasteiger partial charge in [-0.25, -0.2) is 4.98 Å². The molecule has 188 valence electrons. The van der Waals surface area contributed by atoms with Crippen LogP contribution < -0.4 is 24.8 Å². The fraction of sp³-hybridized carbons (Fsp3) is 0.333. The van der Waals surface area contributed by atoms with Gasteiger partial charge in [0, 0.05) is 49.3 Å². The zero-order valence-electron chi connectivity index (χ0n) is 19.9. The number of hydrogen-bond donors (Lipinski definition) is 4. The first-order valence-corrected chi connectivity index (χ1v) is 11.7. The number of halogens is 1. The van der Waals surface area contributed by atoms with Crippen molar-refractivity contribution in [3.05, 3.63) is 52.6 Å². The summed E-state index contributed by atoms with van der Waals surface area (Å²) in [6, 6.07) is 11.4. The van der Waals surface area contributed by atoms with Crippen molar-refractivity contribution in [2.45, 2.75) is 6.54 Å². The standard InChI is InChI=1S/C24H30BrN5O5/c1-33-20-12-17(13-21(34-2)22(20)35-3)27-24-26-14-18(25)23(29-24)28-19-7-5-4-6-16(19)15-30(8-10-31)9-11-32/h4-7,12-14,31-32H,8-11,15H2,1-3H3,(H2,26,27,28,29). The van der Waals surface area contributed by atoms with Crippen molar-refractivity contribution in [3.63, 3.8) is 0 Å². The number of nitrogens with one attached hydrogen (secondary N) is 2. The number of aromatic nitrogens is 2. The SMILES string of the molecule is COc1cc(Nc2ncc(Br)c(Nc3ccccc3CN(CCO)CCO)n2)cc(OC)c1OC. The average Bonchev–Trinajstić information content (AvgIpc) is 2.86. The monoisotopic (exact) mass is 547 g/mol. The normalized spacial score (nSPS) is 10.8. The summed E-state index contributed by atoms with van der Waals surface area (Å²) in [6.45, 7) is 1.53. The van der Waals surface area contributed by atoms with Gasteiger partial charge in [-0.05, 0) is 27.6 Å². The van der Waals surface area contributed by atoms with E-state index in [2.05, 4.69) is 36.5 Å². The first kappa shape index (κ1) is 26.5. The van der Waals surface area contributed by atoms with Crippen molar-refractivity contribution in [3.8, 4) is 17.2 Å². The molecule has 1 aromatic heterocycles. The molecule has 3 aromatic rings. The number of para-hydroxylation sites is 1. The molecule has 3 rings (SSSR count). The lowest BCUT2D eigenvalue weighted by Crippen LogP contribution is -2.29. The zero-order chi connectivity index (χ0) is 25.2. The predicted octanol–water partition coefficient (Wildman–Crippen LogP) is 3.54. The van der Waals surface area contributed by atoms with Crippen molar-refractivity contribution in [1.29, 1.82) is 0 Å². The Morgan fingerprint density at radius 2 is 1.60 bits per heavy atom. The van der Waals surface area contributed by atoms with E-state index in [0.29, 0.717) is 58.8 Å². The van der Waals surface area contributed by atoms with Crippen LogP contribution in [0, 0.1) is 0 Å². The first-order chi connectivity index (χ1) is 17.0. The highest BCUT2D eigenvalue weighted by atomic mass is 79.9. The average molecular weight is 548 g/mol. The fourth-order valence-corrected chi connectivity index (χ4v) is 3.79. The van der Waals surface area contributed by atoms with Gasteiger partial charge in [0.15, 0.2) is 11.5 Å². The number of benzene rings is 2. The van der Waals surface area contributed by atoms with Crippen LogP contribution in [0.1, 0.15) is 5.56 Å². The topological polar surface area (TPSA) is 121 Å². The summed E-state index contributed by atoms with van der Waals surface area (Å²) in [6.07, 6.45) is 1.65. The van der Waals surface area contributed by atoms with E-state index in [-0.39, 0.29) is 13.2 Å². The molecule has 0 saturated carbocycles. The Morgan fingerprint density at radius 1 is 0.943 bits per heavy atom. The lowest BCUT2D eigenvalue weighted by Gasteiger charge is -2.22. The quantitative estimate of drug-likeness (QED) is 0.252. The lowest BCUT2D eigenvalue weighted by molar-refractivity contribution is 0.156. The summed E-state index contributed by atoms with van der Waals surface area (Å²) in [5.74, 6) is 2.44. The van der Waals surface area contributed by atoms with E-state index in [1.54, 1.807) is 39.7 Å². The molecule has 0 aliphatic rings. The van der Waals surface area contributed by atoms with Gasteiger partial charge in [0.2, 0.25) is 11.7 Å². The van der Waals surface area contributed by atoms with Crippen LogP contribution in [-0.2, 0) is 6.54 Å². The molecule has 0 aliphatic heterocycles. The highest BCUT2D eigenvalue weighted by molar-refractivity contribution is 9.10. The third-order valence-corrected chi connectivity index (χ3v) is 5.74. The lowest BCUT2D eigenvalue weighted by atomic mass is 10.1. The number of ether oxygens (including phenoxy) is 3. The van der Waals surface area contributed by atoms with Crippen molar-refractivity contribution >= 4 is 39.1 Å². The zero-order valence-corrected chi connectivity index (χ0v) is 21.5. The molecule has 0 radical (unpaired) electrons. The van der Waals surface area contributed by atoms with Gasteiger partial charge in [-0.15, -0.1) is 0 Å². The van der Waals surface area contributed by atoms with Gasteiger partial charge < -0.3 is 35.1 Å². The highest BCUT2D eigenvalue weighted by Gasteiger charge is 2.15. The summed E-state index contributed by atoms with van der Waals surface area (Å²) in [5.41, 5.74) is 2.52. The van der Waals surface area contributed by atoms with E-state index in [9.17, 15) is 10.2 Å². The van der Waals surface area contributed by atoms with E-state index in [0.717, 1.165) is 11.3 Å². The molecule has 0 unspecified atom stereocenters. The Morgan fingerprint density at radius 3 is 2.20 bits per heavy atom. The molecule has 11 heteroatoms. The number of nitrogens with zero attached hydrogens (tertiary/aromatic N) is 3. The Hall–Kier alpha value is -3.12. The molecule has 0 atom stereocenters. The van der Waals surface area contributed by atoms with Crippen LogP contribution in [0.25, 0.3) is 0 Å². The molecular formula is C24H30BrN5O5. The molecule has 0 saturated heterocycles. The second-order valence-corrected chi connectivity index (χ2v) is 8.29. The summed E-state index contributed by atoms with van der Waals surface area (Å²) >= 11 is 3.51. The summed E-state index contributed by atoms with van der Waals surface area (Å²) < 4.78 is 16.9. The van der Waals surface area contributed by atoms with Gasteiger partial charge in [0.1, 0.15) is 5.82 Å². The van der Waals surface area contributed by atoms with Crippen LogP contribution in [0.2, 0.25) is 0 Å². The van der Waals surface area contributed by atoms with Crippen LogP contribution in [0.4, 0.5) is 23.1 Å². The third kappa shape index (κ3) is 6.95. The predicted molar refractivity (Wildman–Crippen MR) is 138 cm³/mol. The number of methoxy groups -OCH3 is 3. The molecule has 2 aromatic carbocycles. The van der Waals surface area contributed by atoms with Gasteiger partial charge >= 0.3 is 0 Å². The van der Waals surface area contributed by atoms with Crippen molar-refractivity contribution < 1.29 is 24.4 Å². The number of aliphatic hydroxyl groups excluding tert-OH is 2. The van der Waals surface area contributed by atoms with Crippen LogP contribution >= 0.6 is 15.9 Å². The van der Waals surface area contributed by atoms with Crippen LogP contribution in [0.3, 0.4) is 0 Å². The van der Waals surface area contributed by atoms with E-state index >= 15 is 0 Å². The van der Waals surface area contributed by atoms with Crippen LogP contribution in [0.5, 0.6) is 17.2 Å². The molecule has 1 heterocycles. The molecule has 10 nitrogen and oxygen atoms in total. The molecule has 0 amide bonds. The molecule has 4 N–H and O–H groups in total. The summed E-state index contributed by atoms with van der Waals surface area (Å²) in [4.78, 5) is 11.0. The molecular weight excluding hydrogens is 518 g/mol. The Bertz CT molecular complexity index is 1090. The number of anilines is 4. The minimum atomic E-state index is 0.0169. The van der Waals surface area contributed by atoms with Gasteiger partial charge in [-0.3, -0.25) is 4.90 Å². The minimum absolute atomic E-state index is 0.0169. The van der Waals surface area contributed by atoms with Crippen molar-refractivity contribution in [2.75, 3.05) is 58.3 Å². The van der Waals surface area contributed by atoms with Crippen LogP contribution in [-0.4, -0.2) is 72.7 Å². The highest BCUT2D eigenvalue weighted by Crippen LogP contribution is 2.40. The number of aliphatic hydroxyl groups is 2. The Balaban J connectivity index is 1.85. The maximum atomic E-state index is 9.34. The largest absolute Gasteiger partial charge is 0.493 e. The van der Waals surface area contributed by atoms with Gasteiger partial charge in [-0.2, -0.15) is 4.98 Å². The molecule has 0 spiro atoms. The number of hydrogen-bond acceptors (Lipinski definition) is 10. The maximum absolute atomic E-state index is 9.34. The maximum Gasteiger partial charge on any atom is 0.229 e. The molecule has 35 heavy (non-hydrogen) atoms. The van der Waals surface area contributed by atoms with Gasteiger partial charge in [0.05, 0.1) is 39.0 Å². The van der Waals surface area contributed by atoms with E-state index in [4.69, 9.17) is 14.2 Å². The van der Waals surface area contributed by atoms with E-state index in [1.165, 1.54) is 0 Å². The third-order valence-electron chi connectivity index (χ3n) is 5.16. The van der Waals surface area contributed by atoms with Gasteiger partial charge in [0.25, 0.3) is 0 Å². The van der Waals surface area contributed by atoms with Crippen LogP contribution in [0.15, 0.2) is 47.1 Å². The molecule has 0 bridgehead atoms. The smallest absolute Gasteiger partial charge is 0.229 e. The Kier molecular flexibility index (Phi) is 9.91. The second kappa shape index (κ2) is 13.1. The first-order valence-electron chi connectivity index (χ1n) is 10.9. The Labute approximate surface area is 213 Å². The van der Waals surface area contributed by atoms with Gasteiger partial charge in [-0.1, -0.05) is 18.2 Å². The summed E-state index contributed by atoms with van der Waals surface area (Å²) in [7, 11) is 4.66. The van der Waals surface area contributed by atoms with Crippen molar-refractivity contribution in [1.82, 2.24) is 14.9 Å². The van der Waals surface area contributed by atoms with E-state index in [1.807, 2.05) is 29.2 Å². The molecule has 0 aliphatic carbocycles. The minimum Gasteiger partial charge on any atom is -0.493 e. The van der Waals surface area contributed by atoms with E-state index < -0.39 is 0 Å². The fourth-order valence-electron chi connectivity index (χ4n) is 3.50. The molecule has 0 fully saturated rings. The summed E-state index contributed by atoms with van der Waals surface area (Å²) in [5, 5.41) is 25.2. The number of rotatable bonds is 13. The van der Waals surface area contributed by atoms with Crippen molar-refractivity contribution in [2.24, 2.45) is 0 Å². The second-order valence-electron chi connectivity index (χ2n) is 7.43.